The molecule has 104 valence electrons. The van der Waals surface area contributed by atoms with Crippen LogP contribution in [-0.2, 0) is 0 Å². The van der Waals surface area contributed by atoms with E-state index in [-0.39, 0.29) is 11.4 Å². The number of rotatable bonds is 3. The van der Waals surface area contributed by atoms with Crippen molar-refractivity contribution >= 4 is 40.3 Å². The fourth-order valence-electron chi connectivity index (χ4n) is 1.66. The van der Waals surface area contributed by atoms with Crippen molar-refractivity contribution in [3.8, 4) is 5.69 Å². The summed E-state index contributed by atoms with van der Waals surface area (Å²) in [6, 6.07) is 4.73. The number of amides is 2. The Balaban J connectivity index is 2.49. The molecule has 2 rings (SSSR count). The normalized spacial score (nSPS) is 10.3. The summed E-state index contributed by atoms with van der Waals surface area (Å²) in [5.74, 6) is -1.24. The van der Waals surface area contributed by atoms with Crippen molar-refractivity contribution < 1.29 is 14.7 Å². The molecular formula is C12H11IN4O3. The van der Waals surface area contributed by atoms with E-state index < -0.39 is 12.0 Å². The van der Waals surface area contributed by atoms with Crippen LogP contribution in [0.3, 0.4) is 0 Å². The third-order valence-electron chi connectivity index (χ3n) is 2.58. The summed E-state index contributed by atoms with van der Waals surface area (Å²) < 4.78 is 2.48. The first-order valence-corrected chi connectivity index (χ1v) is 6.62. The molecule has 2 aromatic rings. The molecule has 8 heteroatoms. The highest BCUT2D eigenvalue weighted by Crippen LogP contribution is 2.20. The highest BCUT2D eigenvalue weighted by Gasteiger charge is 2.17. The number of aromatic carboxylic acids is 1. The summed E-state index contributed by atoms with van der Waals surface area (Å²) in [5, 5.41) is 15.3. The van der Waals surface area contributed by atoms with E-state index in [2.05, 4.69) is 33.0 Å². The van der Waals surface area contributed by atoms with Gasteiger partial charge in [0.1, 0.15) is 0 Å². The van der Waals surface area contributed by atoms with Crippen LogP contribution in [0.2, 0.25) is 0 Å². The summed E-state index contributed by atoms with van der Waals surface area (Å²) >= 11 is 2.20. The molecule has 0 aliphatic carbocycles. The molecule has 7 nitrogen and oxygen atoms in total. The van der Waals surface area contributed by atoms with Crippen molar-refractivity contribution in [3.05, 3.63) is 39.2 Å². The van der Waals surface area contributed by atoms with E-state index in [4.69, 9.17) is 10.8 Å². The Morgan fingerprint density at radius 2 is 2.15 bits per heavy atom. The zero-order chi connectivity index (χ0) is 14.9. The van der Waals surface area contributed by atoms with Crippen molar-refractivity contribution in [1.82, 2.24) is 9.78 Å². The minimum atomic E-state index is -1.24. The number of nitrogens with one attached hydrogen (secondary N) is 1. The van der Waals surface area contributed by atoms with E-state index >= 15 is 0 Å². The van der Waals surface area contributed by atoms with Gasteiger partial charge in [-0.15, -0.1) is 0 Å². The van der Waals surface area contributed by atoms with Crippen molar-refractivity contribution in [1.29, 1.82) is 0 Å². The van der Waals surface area contributed by atoms with E-state index in [1.165, 1.54) is 10.9 Å². The Hall–Kier alpha value is -2.10. The molecule has 0 spiro atoms. The molecule has 0 saturated heterocycles. The van der Waals surface area contributed by atoms with Gasteiger partial charge in [0.15, 0.2) is 5.69 Å². The molecule has 0 aliphatic rings. The average Bonchev–Trinajstić information content (AvgIpc) is 2.76. The zero-order valence-corrected chi connectivity index (χ0v) is 12.6. The third-order valence-corrected chi connectivity index (χ3v) is 3.79. The summed E-state index contributed by atoms with van der Waals surface area (Å²) in [4.78, 5) is 22.0. The number of carbonyl (C=O) groups is 2. The molecule has 4 N–H and O–H groups in total. The number of hydrogen-bond acceptors (Lipinski definition) is 3. The van der Waals surface area contributed by atoms with Gasteiger partial charge in [-0.2, -0.15) is 5.10 Å². The van der Waals surface area contributed by atoms with Crippen LogP contribution < -0.4 is 11.1 Å². The molecule has 0 unspecified atom stereocenters. The fourth-order valence-corrected chi connectivity index (χ4v) is 2.00. The van der Waals surface area contributed by atoms with E-state index in [0.29, 0.717) is 5.69 Å². The first-order valence-electron chi connectivity index (χ1n) is 5.54. The maximum absolute atomic E-state index is 11.1. The summed E-state index contributed by atoms with van der Waals surface area (Å²) in [5.41, 5.74) is 6.54. The number of aromatic nitrogens is 2. The highest BCUT2D eigenvalue weighted by molar-refractivity contribution is 14.1. The maximum Gasteiger partial charge on any atom is 0.358 e. The minimum Gasteiger partial charge on any atom is -0.476 e. The molecule has 0 aliphatic heterocycles. The zero-order valence-electron chi connectivity index (χ0n) is 10.4. The molecule has 0 radical (unpaired) electrons. The van der Waals surface area contributed by atoms with Crippen LogP contribution >= 0.6 is 22.6 Å². The first-order chi connectivity index (χ1) is 9.38. The number of carboxylic acid groups (broad SMARTS) is 1. The molecule has 20 heavy (non-hydrogen) atoms. The van der Waals surface area contributed by atoms with Crippen molar-refractivity contribution in [2.75, 3.05) is 5.32 Å². The fraction of sp³-hybridized carbons (Fsp3) is 0.0833. The van der Waals surface area contributed by atoms with E-state index in [9.17, 15) is 9.59 Å². The number of anilines is 1. The molecule has 0 bridgehead atoms. The molecule has 1 aromatic carbocycles. The van der Waals surface area contributed by atoms with Crippen LogP contribution in [0.4, 0.5) is 10.5 Å². The Labute approximate surface area is 127 Å². The predicted octanol–water partition coefficient (Wildman–Crippen LogP) is 1.97. The molecule has 0 atom stereocenters. The lowest BCUT2D eigenvalue weighted by Crippen LogP contribution is -2.20. The largest absolute Gasteiger partial charge is 0.476 e. The monoisotopic (exact) mass is 386 g/mol. The summed E-state index contributed by atoms with van der Waals surface area (Å²) in [6.45, 7) is 1.94. The first kappa shape index (κ1) is 14.3. The number of hydrogen-bond donors (Lipinski definition) is 3. The van der Waals surface area contributed by atoms with Gasteiger partial charge in [-0.05, 0) is 53.3 Å². The number of benzene rings is 1. The standard InChI is InChI=1S/C12H11IN4O3/c1-6-4-7(2-3-8(6)13)17-5-9(15-12(14)20)10(16-17)11(18)19/h2-5H,1H3,(H,18,19)(H3,14,15,20). The summed E-state index contributed by atoms with van der Waals surface area (Å²) in [7, 11) is 0. The topological polar surface area (TPSA) is 110 Å². The number of halogens is 1. The molecule has 2 amide bonds. The van der Waals surface area contributed by atoms with Crippen molar-refractivity contribution in [3.63, 3.8) is 0 Å². The van der Waals surface area contributed by atoms with E-state index in [1.54, 1.807) is 6.07 Å². The summed E-state index contributed by atoms with van der Waals surface area (Å²) in [6.07, 6.45) is 1.41. The second-order valence-corrected chi connectivity index (χ2v) is 5.23. The quantitative estimate of drug-likeness (QED) is 0.701. The van der Waals surface area contributed by atoms with E-state index in [0.717, 1.165) is 9.13 Å². The molecule has 1 heterocycles. The molecule has 0 fully saturated rings. The van der Waals surface area contributed by atoms with Gasteiger partial charge in [-0.1, -0.05) is 0 Å². The predicted molar refractivity (Wildman–Crippen MR) is 81.2 cm³/mol. The van der Waals surface area contributed by atoms with Crippen molar-refractivity contribution in [2.24, 2.45) is 5.73 Å². The maximum atomic E-state index is 11.1. The van der Waals surface area contributed by atoms with Crippen LogP contribution in [0.25, 0.3) is 5.69 Å². The van der Waals surface area contributed by atoms with Gasteiger partial charge in [0, 0.05) is 3.57 Å². The number of primary amides is 1. The minimum absolute atomic E-state index is 0.0567. The lowest BCUT2D eigenvalue weighted by molar-refractivity contribution is 0.0691. The van der Waals surface area contributed by atoms with Gasteiger partial charge in [-0.25, -0.2) is 14.3 Å². The lowest BCUT2D eigenvalue weighted by atomic mass is 10.2. The highest BCUT2D eigenvalue weighted by atomic mass is 127. The molecule has 0 saturated carbocycles. The SMILES string of the molecule is Cc1cc(-n2cc(NC(N)=O)c(C(=O)O)n2)ccc1I. The number of carboxylic acids is 1. The van der Waals surface area contributed by atoms with Gasteiger partial charge >= 0.3 is 12.0 Å². The van der Waals surface area contributed by atoms with Crippen molar-refractivity contribution in [2.45, 2.75) is 6.92 Å². The second-order valence-electron chi connectivity index (χ2n) is 4.06. The molecular weight excluding hydrogens is 375 g/mol. The van der Waals surface area contributed by atoms with Crippen LogP contribution in [0.15, 0.2) is 24.4 Å². The second kappa shape index (κ2) is 5.49. The Kier molecular flexibility index (Phi) is 3.93. The van der Waals surface area contributed by atoms with Gasteiger partial charge in [-0.3, -0.25) is 0 Å². The van der Waals surface area contributed by atoms with Gasteiger partial charge in [0.25, 0.3) is 0 Å². The number of urea groups is 1. The van der Waals surface area contributed by atoms with Gasteiger partial charge in [0.05, 0.1) is 17.6 Å². The number of nitrogens with zero attached hydrogens (tertiary/aromatic N) is 2. The van der Waals surface area contributed by atoms with Crippen LogP contribution in [0.5, 0.6) is 0 Å². The average molecular weight is 386 g/mol. The Morgan fingerprint density at radius 1 is 1.45 bits per heavy atom. The van der Waals surface area contributed by atoms with Crippen LogP contribution in [0, 0.1) is 10.5 Å². The Bertz CT molecular complexity index is 696. The van der Waals surface area contributed by atoms with Crippen LogP contribution in [-0.4, -0.2) is 26.9 Å². The van der Waals surface area contributed by atoms with E-state index in [1.807, 2.05) is 19.1 Å². The number of nitrogens with two attached hydrogens (primary N) is 1. The molecule has 1 aromatic heterocycles. The van der Waals surface area contributed by atoms with Crippen LogP contribution in [0.1, 0.15) is 16.1 Å². The van der Waals surface area contributed by atoms with Gasteiger partial charge < -0.3 is 16.2 Å². The number of carbonyl (C=O) groups excluding carboxylic acids is 1. The third kappa shape index (κ3) is 2.90. The Morgan fingerprint density at radius 3 is 2.70 bits per heavy atom. The van der Waals surface area contributed by atoms with Gasteiger partial charge in [0.2, 0.25) is 0 Å². The smallest absolute Gasteiger partial charge is 0.358 e. The number of aryl methyl sites for hydroxylation is 1. The lowest BCUT2D eigenvalue weighted by Gasteiger charge is -2.03.